The van der Waals surface area contributed by atoms with Crippen molar-refractivity contribution in [2.75, 3.05) is 12.3 Å². The molecule has 0 amide bonds. The van der Waals surface area contributed by atoms with E-state index in [0.717, 1.165) is 0 Å². The molecule has 27 heavy (non-hydrogen) atoms. The van der Waals surface area contributed by atoms with Crippen LogP contribution in [0.25, 0.3) is 11.2 Å². The van der Waals surface area contributed by atoms with Crippen LogP contribution in [0.4, 0.5) is 5.82 Å². The van der Waals surface area contributed by atoms with Gasteiger partial charge in [-0.25, -0.2) is 23.4 Å². The normalized spacial score (nSPS) is 29.6. The Balaban J connectivity index is 0.00000210. The number of nitrogen functional groups attached to an aromatic ring is 1. The summed E-state index contributed by atoms with van der Waals surface area (Å²) < 4.78 is 55.8. The molecule has 0 spiro atoms. The van der Waals surface area contributed by atoms with E-state index in [2.05, 4.69) is 19.1 Å². The maximum atomic E-state index is 10.8. The zero-order valence-corrected chi connectivity index (χ0v) is 18.7. The number of fused-ring (bicyclic) bond motifs is 2. The molecule has 0 aromatic carbocycles. The van der Waals surface area contributed by atoms with Gasteiger partial charge in [-0.05, 0) is 13.8 Å². The maximum Gasteiger partial charge on any atom is 1.00 e. The van der Waals surface area contributed by atoms with Gasteiger partial charge in [0.15, 0.2) is 23.5 Å². The Bertz CT molecular complexity index is 952. The van der Waals surface area contributed by atoms with E-state index >= 15 is 0 Å². The minimum Gasteiger partial charge on any atom is -0.726 e. The van der Waals surface area contributed by atoms with Crippen LogP contribution < -0.4 is 57.1 Å². The van der Waals surface area contributed by atoms with Gasteiger partial charge in [-0.2, -0.15) is 0 Å². The summed E-state index contributed by atoms with van der Waals surface area (Å²) in [5, 5.41) is 0. The predicted octanol–water partition coefficient (Wildman–Crippen LogP) is -3.69. The Morgan fingerprint density at radius 2 is 2.00 bits per heavy atom. The minimum atomic E-state index is -4.86. The number of rotatable bonds is 4. The van der Waals surface area contributed by atoms with E-state index in [9.17, 15) is 13.0 Å². The number of nitrogens with zero attached hydrogens (tertiary/aromatic N) is 4. The second-order valence-corrected chi connectivity index (χ2v) is 7.46. The predicted molar refractivity (Wildman–Crippen MR) is 83.1 cm³/mol. The van der Waals surface area contributed by atoms with E-state index in [4.69, 9.17) is 19.9 Å². The fourth-order valence-corrected chi connectivity index (χ4v) is 3.52. The second kappa shape index (κ2) is 7.53. The van der Waals surface area contributed by atoms with E-state index < -0.39 is 47.3 Å². The van der Waals surface area contributed by atoms with Crippen molar-refractivity contribution in [2.45, 2.75) is 44.2 Å². The molecule has 0 radical (unpaired) electrons. The molecule has 0 bridgehead atoms. The van der Waals surface area contributed by atoms with Crippen molar-refractivity contribution < 1.29 is 82.7 Å². The second-order valence-electron chi connectivity index (χ2n) is 6.41. The average Bonchev–Trinajstić information content (AvgIpc) is 3.16. The summed E-state index contributed by atoms with van der Waals surface area (Å²) >= 11 is 0. The van der Waals surface area contributed by atoms with E-state index in [1.165, 1.54) is 12.7 Å². The topological polar surface area (TPSA) is 164 Å². The number of aromatic nitrogens is 4. The molecule has 0 saturated carbocycles. The van der Waals surface area contributed by atoms with E-state index in [1.807, 2.05) is 0 Å². The first kappa shape index (κ1) is 21.4. The molecular weight excluding hydrogens is 409 g/mol. The summed E-state index contributed by atoms with van der Waals surface area (Å²) in [5.74, 6) is -0.708. The molecule has 0 aliphatic carbocycles. The molecule has 2 fully saturated rings. The van der Waals surface area contributed by atoms with Crippen molar-refractivity contribution in [3.8, 4) is 0 Å². The van der Waals surface area contributed by atoms with Gasteiger partial charge in [0.25, 0.3) is 0 Å². The molecule has 2 N–H and O–H groups in total. The van der Waals surface area contributed by atoms with Gasteiger partial charge in [-0.15, -0.1) is 0 Å². The fraction of sp³-hybridized carbons (Fsp3) is 0.615. The standard InChI is InChI=1S/C13H17N5O7S.K/c1-13(2)24-8-6(3-22-26(19,20)21)23-12(9(8)25-13)18-5-17-7-10(14)15-4-16-11(7)18;/h4-6,8-9,12H,3H2,1-2H3,(H2,14,15,16)(H,19,20,21);/q;+1/p-1/t6-,8-,9-,12-;/m1./s1. The zero-order chi connectivity index (χ0) is 18.7. The molecule has 142 valence electrons. The third kappa shape index (κ3) is 4.20. The molecule has 2 aliphatic heterocycles. The molecule has 4 rings (SSSR count). The molecular formula is C13H16KN5O7S. The van der Waals surface area contributed by atoms with Crippen molar-refractivity contribution >= 4 is 27.4 Å². The first-order chi connectivity index (χ1) is 12.1. The van der Waals surface area contributed by atoms with E-state index in [0.29, 0.717) is 11.2 Å². The number of ether oxygens (including phenoxy) is 3. The summed E-state index contributed by atoms with van der Waals surface area (Å²) in [7, 11) is -4.86. The number of anilines is 1. The van der Waals surface area contributed by atoms with Crippen molar-refractivity contribution in [1.82, 2.24) is 19.5 Å². The van der Waals surface area contributed by atoms with Crippen molar-refractivity contribution in [3.63, 3.8) is 0 Å². The Labute approximate surface area is 197 Å². The number of hydrogen-bond donors (Lipinski definition) is 1. The van der Waals surface area contributed by atoms with Crippen molar-refractivity contribution in [1.29, 1.82) is 0 Å². The molecule has 2 aromatic heterocycles. The van der Waals surface area contributed by atoms with Crippen molar-refractivity contribution in [3.05, 3.63) is 12.7 Å². The Morgan fingerprint density at radius 1 is 1.30 bits per heavy atom. The summed E-state index contributed by atoms with van der Waals surface area (Å²) in [5.41, 5.74) is 6.62. The van der Waals surface area contributed by atoms with Crippen LogP contribution in [-0.4, -0.2) is 63.2 Å². The van der Waals surface area contributed by atoms with Crippen LogP contribution in [0, 0.1) is 0 Å². The van der Waals surface area contributed by atoms with Gasteiger partial charge in [0.2, 0.25) is 10.4 Å². The molecule has 12 nitrogen and oxygen atoms in total. The fourth-order valence-electron chi connectivity index (χ4n) is 3.22. The molecule has 4 heterocycles. The van der Waals surface area contributed by atoms with Gasteiger partial charge in [0.1, 0.15) is 30.2 Å². The van der Waals surface area contributed by atoms with Crippen LogP contribution in [0.1, 0.15) is 20.1 Å². The van der Waals surface area contributed by atoms with Crippen LogP contribution in [0.3, 0.4) is 0 Å². The molecule has 14 heteroatoms. The Hall–Kier alpha value is -0.264. The van der Waals surface area contributed by atoms with Crippen LogP contribution in [-0.2, 0) is 28.8 Å². The van der Waals surface area contributed by atoms with E-state index in [1.54, 1.807) is 18.4 Å². The van der Waals surface area contributed by atoms with Gasteiger partial charge >= 0.3 is 51.4 Å². The van der Waals surface area contributed by atoms with Gasteiger partial charge in [-0.1, -0.05) is 0 Å². The summed E-state index contributed by atoms with van der Waals surface area (Å²) in [6, 6.07) is 0. The third-order valence-electron chi connectivity index (χ3n) is 4.16. The number of nitrogens with two attached hydrogens (primary N) is 1. The number of hydrogen-bond acceptors (Lipinski definition) is 11. The van der Waals surface area contributed by atoms with E-state index in [-0.39, 0.29) is 57.2 Å². The number of imidazole rings is 1. The van der Waals surface area contributed by atoms with Crippen molar-refractivity contribution in [2.24, 2.45) is 0 Å². The molecule has 4 atom stereocenters. The molecule has 0 unspecified atom stereocenters. The first-order valence-corrected chi connectivity index (χ1v) is 9.02. The Morgan fingerprint density at radius 3 is 2.70 bits per heavy atom. The zero-order valence-electron chi connectivity index (χ0n) is 14.8. The summed E-state index contributed by atoms with van der Waals surface area (Å²) in [6.45, 7) is 2.94. The smallest absolute Gasteiger partial charge is 0.726 e. The summed E-state index contributed by atoms with van der Waals surface area (Å²) in [4.78, 5) is 12.2. The van der Waals surface area contributed by atoms with Gasteiger partial charge in [0, 0.05) is 0 Å². The Kier molecular flexibility index (Phi) is 5.98. The SMILES string of the molecule is CC1(C)O[C@@H]2[C@H](O1)[C@@H](COS(=O)(=O)[O-])O[C@H]2n1cnc2c(N)ncnc21.[K+]. The van der Waals surface area contributed by atoms with Gasteiger partial charge < -0.3 is 24.5 Å². The molecule has 2 aromatic rings. The minimum absolute atomic E-state index is 0. The quantitative estimate of drug-likeness (QED) is 0.291. The van der Waals surface area contributed by atoms with Crippen LogP contribution >= 0.6 is 0 Å². The summed E-state index contributed by atoms with van der Waals surface area (Å²) in [6.07, 6.45) is -0.0474. The molecule has 2 aliphatic rings. The maximum absolute atomic E-state index is 10.8. The van der Waals surface area contributed by atoms with Gasteiger partial charge in [0.05, 0.1) is 12.9 Å². The first-order valence-electron chi connectivity index (χ1n) is 7.69. The van der Waals surface area contributed by atoms with Crippen LogP contribution in [0.2, 0.25) is 0 Å². The van der Waals surface area contributed by atoms with Crippen LogP contribution in [0.5, 0.6) is 0 Å². The van der Waals surface area contributed by atoms with Gasteiger partial charge in [-0.3, -0.25) is 8.75 Å². The molecule has 2 saturated heterocycles. The van der Waals surface area contributed by atoms with Crippen LogP contribution in [0.15, 0.2) is 12.7 Å². The third-order valence-corrected chi connectivity index (χ3v) is 4.59. The largest absolute Gasteiger partial charge is 1.00 e. The average molecular weight is 425 g/mol. The monoisotopic (exact) mass is 425 g/mol.